The molecule has 26 heavy (non-hydrogen) atoms. The summed E-state index contributed by atoms with van der Waals surface area (Å²) in [7, 11) is -1.56. The summed E-state index contributed by atoms with van der Waals surface area (Å²) in [6.07, 6.45) is 0.832. The number of aromatic nitrogens is 1. The van der Waals surface area contributed by atoms with Gasteiger partial charge < -0.3 is 5.32 Å². The minimum absolute atomic E-state index is 0.0132. The second-order valence-corrected chi connectivity index (χ2v) is 9.12. The molecule has 0 aliphatic heterocycles. The van der Waals surface area contributed by atoms with Crippen LogP contribution in [0, 0.1) is 6.92 Å². The lowest BCUT2D eigenvalue weighted by molar-refractivity contribution is 0.595. The van der Waals surface area contributed by atoms with Gasteiger partial charge in [0.05, 0.1) is 21.3 Å². The summed E-state index contributed by atoms with van der Waals surface area (Å²) < 4.78 is 26.1. The molecule has 3 aromatic rings. The third-order valence-electron chi connectivity index (χ3n) is 4.09. The van der Waals surface area contributed by atoms with Crippen molar-refractivity contribution >= 4 is 21.2 Å². The zero-order valence-corrected chi connectivity index (χ0v) is 16.5. The summed E-state index contributed by atoms with van der Waals surface area (Å²) in [5.41, 5.74) is 3.22. The monoisotopic (exact) mass is 386 g/mol. The minimum Gasteiger partial charge on any atom is -0.319 e. The second-order valence-electron chi connectivity index (χ2n) is 6.22. The van der Waals surface area contributed by atoms with Gasteiger partial charge in [0.2, 0.25) is 0 Å². The number of thiazole rings is 1. The molecule has 0 aliphatic rings. The van der Waals surface area contributed by atoms with E-state index < -0.39 is 9.84 Å². The van der Waals surface area contributed by atoms with Crippen molar-refractivity contribution < 1.29 is 8.42 Å². The van der Waals surface area contributed by atoms with Crippen LogP contribution in [0.15, 0.2) is 58.8 Å². The van der Waals surface area contributed by atoms with E-state index in [4.69, 9.17) is 0 Å². The molecular weight excluding hydrogens is 364 g/mol. The first-order valence-corrected chi connectivity index (χ1v) is 11.0. The highest BCUT2D eigenvalue weighted by atomic mass is 32.2. The Morgan fingerprint density at radius 1 is 1.12 bits per heavy atom. The average molecular weight is 387 g/mol. The molecule has 0 fully saturated rings. The van der Waals surface area contributed by atoms with E-state index in [1.54, 1.807) is 17.4 Å². The fourth-order valence-electron chi connectivity index (χ4n) is 2.77. The van der Waals surface area contributed by atoms with Crippen LogP contribution in [0.4, 0.5) is 0 Å². The lowest BCUT2D eigenvalue weighted by Crippen LogP contribution is -2.10. The van der Waals surface area contributed by atoms with Gasteiger partial charge in [-0.25, -0.2) is 13.4 Å². The quantitative estimate of drug-likeness (QED) is 0.670. The molecule has 2 aromatic carbocycles. The molecule has 0 unspecified atom stereocenters. The fraction of sp³-hybridized carbons (Fsp3) is 0.250. The van der Waals surface area contributed by atoms with Crippen LogP contribution in [0.2, 0.25) is 0 Å². The first kappa shape index (κ1) is 18.8. The van der Waals surface area contributed by atoms with Crippen LogP contribution >= 0.6 is 11.3 Å². The van der Waals surface area contributed by atoms with Gasteiger partial charge in [0.15, 0.2) is 9.84 Å². The summed E-state index contributed by atoms with van der Waals surface area (Å²) in [5.74, 6) is -0.0132. The van der Waals surface area contributed by atoms with Crippen molar-refractivity contribution in [2.24, 2.45) is 0 Å². The zero-order valence-electron chi connectivity index (χ0n) is 14.9. The number of hydrogen-bond donors (Lipinski definition) is 1. The zero-order chi connectivity index (χ0) is 18.6. The van der Waals surface area contributed by atoms with Crippen molar-refractivity contribution in [1.29, 1.82) is 0 Å². The van der Waals surface area contributed by atoms with Crippen molar-refractivity contribution in [3.8, 4) is 11.3 Å². The Kier molecular flexibility index (Phi) is 5.86. The Balaban J connectivity index is 1.99. The SMILES string of the molecule is CNCCc1nc(-c2cc(C)ccc2S(=O)(=O)Cc2ccccc2)cs1. The molecule has 1 N–H and O–H groups in total. The molecule has 0 saturated heterocycles. The summed E-state index contributed by atoms with van der Waals surface area (Å²) in [5, 5.41) is 6.06. The average Bonchev–Trinajstić information content (AvgIpc) is 3.09. The van der Waals surface area contributed by atoms with E-state index in [-0.39, 0.29) is 5.75 Å². The Morgan fingerprint density at radius 2 is 1.88 bits per heavy atom. The molecule has 0 spiro atoms. The number of sulfone groups is 1. The van der Waals surface area contributed by atoms with Gasteiger partial charge in [-0.05, 0) is 31.7 Å². The molecule has 3 rings (SSSR count). The van der Waals surface area contributed by atoms with Crippen LogP contribution in [0.3, 0.4) is 0 Å². The largest absolute Gasteiger partial charge is 0.319 e. The number of likely N-dealkylation sites (N-methyl/N-ethyl adjacent to an activating group) is 1. The maximum absolute atomic E-state index is 13.1. The van der Waals surface area contributed by atoms with Crippen molar-refractivity contribution in [3.05, 3.63) is 70.0 Å². The lowest BCUT2D eigenvalue weighted by atomic mass is 10.1. The van der Waals surface area contributed by atoms with E-state index in [1.807, 2.05) is 61.8 Å². The molecule has 1 heterocycles. The summed E-state index contributed by atoms with van der Waals surface area (Å²) >= 11 is 1.57. The first-order valence-electron chi connectivity index (χ1n) is 8.46. The molecule has 4 nitrogen and oxygen atoms in total. The fourth-order valence-corrected chi connectivity index (χ4v) is 5.13. The van der Waals surface area contributed by atoms with Crippen LogP contribution in [-0.4, -0.2) is 27.0 Å². The van der Waals surface area contributed by atoms with E-state index in [9.17, 15) is 8.42 Å². The van der Waals surface area contributed by atoms with Gasteiger partial charge in [0.25, 0.3) is 0 Å². The maximum Gasteiger partial charge on any atom is 0.183 e. The van der Waals surface area contributed by atoms with Gasteiger partial charge in [-0.1, -0.05) is 42.0 Å². The van der Waals surface area contributed by atoms with Crippen LogP contribution < -0.4 is 5.32 Å². The van der Waals surface area contributed by atoms with Crippen molar-refractivity contribution in [1.82, 2.24) is 10.3 Å². The molecule has 1 aromatic heterocycles. The number of aryl methyl sites for hydroxylation is 1. The lowest BCUT2D eigenvalue weighted by Gasteiger charge is -2.10. The highest BCUT2D eigenvalue weighted by Gasteiger charge is 2.21. The third-order valence-corrected chi connectivity index (χ3v) is 6.73. The molecule has 0 amide bonds. The van der Waals surface area contributed by atoms with Crippen molar-refractivity contribution in [2.45, 2.75) is 24.0 Å². The van der Waals surface area contributed by atoms with Gasteiger partial charge in [-0.15, -0.1) is 11.3 Å². The number of hydrogen-bond acceptors (Lipinski definition) is 5. The molecule has 0 saturated carbocycles. The van der Waals surface area contributed by atoms with Gasteiger partial charge in [-0.2, -0.15) is 0 Å². The van der Waals surface area contributed by atoms with Crippen molar-refractivity contribution in [2.75, 3.05) is 13.6 Å². The summed E-state index contributed by atoms with van der Waals surface area (Å²) in [4.78, 5) is 5.00. The molecule has 136 valence electrons. The standard InChI is InChI=1S/C20H22N2O2S2/c1-15-8-9-19(26(23,24)14-16-6-4-3-5-7-16)17(12-15)18-13-25-20(22-18)10-11-21-2/h3-9,12-13,21H,10-11,14H2,1-2H3. The van der Waals surface area contributed by atoms with E-state index in [1.165, 1.54) is 0 Å². The number of nitrogens with zero attached hydrogens (tertiary/aromatic N) is 1. The number of rotatable bonds is 7. The molecule has 6 heteroatoms. The Bertz CT molecular complexity index is 980. The van der Waals surface area contributed by atoms with E-state index >= 15 is 0 Å². The van der Waals surface area contributed by atoms with E-state index in [0.29, 0.717) is 10.5 Å². The van der Waals surface area contributed by atoms with Crippen LogP contribution in [0.1, 0.15) is 16.1 Å². The van der Waals surface area contributed by atoms with E-state index in [2.05, 4.69) is 10.3 Å². The number of nitrogens with one attached hydrogen (secondary N) is 1. The molecule has 0 atom stereocenters. The molecule has 0 bridgehead atoms. The smallest absolute Gasteiger partial charge is 0.183 e. The number of benzene rings is 2. The predicted molar refractivity (Wildman–Crippen MR) is 107 cm³/mol. The second kappa shape index (κ2) is 8.12. The summed E-state index contributed by atoms with van der Waals surface area (Å²) in [6.45, 7) is 2.81. The van der Waals surface area contributed by atoms with Gasteiger partial charge >= 0.3 is 0 Å². The highest BCUT2D eigenvalue weighted by Crippen LogP contribution is 2.31. The summed E-state index contributed by atoms with van der Waals surface area (Å²) in [6, 6.07) is 14.7. The van der Waals surface area contributed by atoms with Crippen LogP contribution in [-0.2, 0) is 22.0 Å². The normalized spacial score (nSPS) is 11.6. The molecule has 0 radical (unpaired) electrons. The van der Waals surface area contributed by atoms with Gasteiger partial charge in [-0.3, -0.25) is 0 Å². The van der Waals surface area contributed by atoms with Crippen LogP contribution in [0.5, 0.6) is 0 Å². The van der Waals surface area contributed by atoms with Gasteiger partial charge in [0, 0.05) is 23.9 Å². The van der Waals surface area contributed by atoms with Crippen LogP contribution in [0.25, 0.3) is 11.3 Å². The topological polar surface area (TPSA) is 59.1 Å². The molecular formula is C20H22N2O2S2. The Morgan fingerprint density at radius 3 is 2.62 bits per heavy atom. The third kappa shape index (κ3) is 4.38. The minimum atomic E-state index is -3.46. The first-order chi connectivity index (χ1) is 12.5. The predicted octanol–water partition coefficient (Wildman–Crippen LogP) is 3.85. The highest BCUT2D eigenvalue weighted by molar-refractivity contribution is 7.90. The van der Waals surface area contributed by atoms with Crippen molar-refractivity contribution in [3.63, 3.8) is 0 Å². The van der Waals surface area contributed by atoms with E-state index in [0.717, 1.165) is 34.8 Å². The Hall–Kier alpha value is -2.02. The molecule has 0 aliphatic carbocycles. The maximum atomic E-state index is 13.1. The van der Waals surface area contributed by atoms with Gasteiger partial charge in [0.1, 0.15) is 0 Å². The Labute approximate surface area is 158 Å².